The fourth-order valence-electron chi connectivity index (χ4n) is 4.40. The summed E-state index contributed by atoms with van der Waals surface area (Å²) < 4.78 is 29.5. The van der Waals surface area contributed by atoms with E-state index in [4.69, 9.17) is 24.2 Å². The molecule has 0 amide bonds. The lowest BCUT2D eigenvalue weighted by atomic mass is 9.95. The molecule has 0 fully saturated rings. The number of esters is 2. The number of fused-ring (bicyclic) bond motifs is 1. The third kappa shape index (κ3) is 6.98. The minimum atomic E-state index is -0.900. The van der Waals surface area contributed by atoms with Crippen LogP contribution in [0.15, 0.2) is 61.9 Å². The van der Waals surface area contributed by atoms with Gasteiger partial charge >= 0.3 is 11.9 Å². The number of hydrogen-bond donors (Lipinski definition) is 0. The Morgan fingerprint density at radius 2 is 1.86 bits per heavy atom. The molecule has 2 heterocycles. The molecule has 2 aromatic carbocycles. The Morgan fingerprint density at radius 3 is 2.56 bits per heavy atom. The van der Waals surface area contributed by atoms with Crippen LogP contribution in [0.4, 0.5) is 0 Å². The zero-order valence-corrected chi connectivity index (χ0v) is 26.2. The highest BCUT2D eigenvalue weighted by molar-refractivity contribution is 9.10. The van der Waals surface area contributed by atoms with Gasteiger partial charge in [-0.2, -0.15) is 5.26 Å². The highest BCUT2D eigenvalue weighted by Gasteiger charge is 2.34. The van der Waals surface area contributed by atoms with Gasteiger partial charge in [0, 0.05) is 10.0 Å². The van der Waals surface area contributed by atoms with E-state index in [1.807, 2.05) is 6.07 Å². The van der Waals surface area contributed by atoms with Crippen LogP contribution in [0.1, 0.15) is 37.9 Å². The Morgan fingerprint density at radius 1 is 1.09 bits per heavy atom. The third-order valence-corrected chi connectivity index (χ3v) is 7.70. The number of rotatable bonds is 11. The first kappa shape index (κ1) is 31.5. The van der Waals surface area contributed by atoms with Crippen molar-refractivity contribution in [1.82, 2.24) is 4.57 Å². The van der Waals surface area contributed by atoms with Crippen molar-refractivity contribution >= 4 is 45.3 Å². The van der Waals surface area contributed by atoms with E-state index >= 15 is 0 Å². The maximum atomic E-state index is 14.0. The molecule has 13 heteroatoms. The van der Waals surface area contributed by atoms with Crippen LogP contribution in [0.5, 0.6) is 17.2 Å². The second kappa shape index (κ2) is 14.2. The van der Waals surface area contributed by atoms with E-state index in [1.54, 1.807) is 63.2 Å². The lowest BCUT2D eigenvalue weighted by Crippen LogP contribution is -2.40. The first-order valence-corrected chi connectivity index (χ1v) is 14.8. The van der Waals surface area contributed by atoms with Crippen molar-refractivity contribution in [3.8, 4) is 23.3 Å². The number of nitriles is 1. The van der Waals surface area contributed by atoms with E-state index in [1.165, 1.54) is 11.7 Å². The number of hydrogen-bond acceptors (Lipinski definition) is 11. The first-order valence-electron chi connectivity index (χ1n) is 13.2. The van der Waals surface area contributed by atoms with Crippen molar-refractivity contribution in [2.45, 2.75) is 26.8 Å². The number of allylic oxidation sites excluding steroid dienone is 1. The number of methoxy groups -OCH3 is 1. The molecule has 1 atom stereocenters. The second-order valence-electron chi connectivity index (χ2n) is 8.94. The number of carbonyl (C=O) groups is 2. The standard InChI is InChI=1S/C30H28BrN3O8S/c1-5-39-23-14-18(7-9-22(23)42-16-25(35)38-4)27-26(29(37)40-6-2)17(3)33-30-34(27)28(36)24(43-30)15-19-13-20(31)8-10-21(19)41-12-11-32/h7-10,13-15,27H,5-6,12,16H2,1-4H3/b24-15-/t27-/m1/s1. The van der Waals surface area contributed by atoms with Crippen LogP contribution in [0, 0.1) is 11.3 Å². The molecule has 0 aliphatic carbocycles. The van der Waals surface area contributed by atoms with Crippen molar-refractivity contribution in [2.24, 2.45) is 4.99 Å². The minimum Gasteiger partial charge on any atom is -0.490 e. The number of halogens is 1. The zero-order chi connectivity index (χ0) is 31.1. The van der Waals surface area contributed by atoms with Crippen LogP contribution in [0.2, 0.25) is 0 Å². The Bertz CT molecular complexity index is 1800. The topological polar surface area (TPSA) is 138 Å². The predicted octanol–water partition coefficient (Wildman–Crippen LogP) is 3.41. The smallest absolute Gasteiger partial charge is 0.343 e. The van der Waals surface area contributed by atoms with E-state index in [0.717, 1.165) is 15.8 Å². The molecule has 0 saturated carbocycles. The average molecular weight is 671 g/mol. The van der Waals surface area contributed by atoms with Gasteiger partial charge in [-0.3, -0.25) is 9.36 Å². The van der Waals surface area contributed by atoms with Crippen LogP contribution < -0.4 is 29.1 Å². The summed E-state index contributed by atoms with van der Waals surface area (Å²) in [7, 11) is 1.26. The molecule has 0 N–H and O–H groups in total. The van der Waals surface area contributed by atoms with Crippen molar-refractivity contribution in [3.05, 3.63) is 83.0 Å². The quantitative estimate of drug-likeness (QED) is 0.281. The third-order valence-electron chi connectivity index (χ3n) is 6.22. The molecular formula is C30H28BrN3O8S. The molecule has 11 nitrogen and oxygen atoms in total. The Hall–Kier alpha value is -4.41. The lowest BCUT2D eigenvalue weighted by Gasteiger charge is -2.25. The highest BCUT2D eigenvalue weighted by Crippen LogP contribution is 2.36. The number of ether oxygens (including phenoxy) is 5. The Balaban J connectivity index is 1.91. The minimum absolute atomic E-state index is 0.131. The van der Waals surface area contributed by atoms with Crippen molar-refractivity contribution in [2.75, 3.05) is 33.5 Å². The molecule has 1 aromatic heterocycles. The fraction of sp³-hybridized carbons (Fsp3) is 0.300. The van der Waals surface area contributed by atoms with Gasteiger partial charge in [0.25, 0.3) is 5.56 Å². The summed E-state index contributed by atoms with van der Waals surface area (Å²) in [6.45, 7) is 5.12. The molecule has 3 aromatic rings. The molecule has 0 radical (unpaired) electrons. The Labute approximate surface area is 259 Å². The highest BCUT2D eigenvalue weighted by atomic mass is 79.9. The van der Waals surface area contributed by atoms with Gasteiger partial charge in [-0.25, -0.2) is 14.6 Å². The summed E-state index contributed by atoms with van der Waals surface area (Å²) >= 11 is 4.60. The molecule has 224 valence electrons. The molecular weight excluding hydrogens is 642 g/mol. The van der Waals surface area contributed by atoms with Crippen molar-refractivity contribution < 1.29 is 33.3 Å². The van der Waals surface area contributed by atoms with Gasteiger partial charge in [-0.1, -0.05) is 33.3 Å². The summed E-state index contributed by atoms with van der Waals surface area (Å²) in [6, 6.07) is 11.3. The largest absolute Gasteiger partial charge is 0.490 e. The molecule has 0 unspecified atom stereocenters. The van der Waals surface area contributed by atoms with E-state index in [-0.39, 0.29) is 25.4 Å². The van der Waals surface area contributed by atoms with Gasteiger partial charge in [0.05, 0.1) is 42.2 Å². The molecule has 0 saturated heterocycles. The summed E-state index contributed by atoms with van der Waals surface area (Å²) in [4.78, 5) is 43.9. The van der Waals surface area contributed by atoms with Crippen molar-refractivity contribution in [1.29, 1.82) is 5.26 Å². The number of benzene rings is 2. The summed E-state index contributed by atoms with van der Waals surface area (Å²) in [5, 5.41) is 8.99. The van der Waals surface area contributed by atoms with E-state index in [0.29, 0.717) is 50.0 Å². The monoisotopic (exact) mass is 669 g/mol. The number of carbonyl (C=O) groups excluding carboxylic acids is 2. The lowest BCUT2D eigenvalue weighted by molar-refractivity contribution is -0.143. The van der Waals surface area contributed by atoms with Crippen LogP contribution in [0.25, 0.3) is 6.08 Å². The summed E-state index contributed by atoms with van der Waals surface area (Å²) in [6.07, 6.45) is 1.66. The molecule has 0 bridgehead atoms. The van der Waals surface area contributed by atoms with Crippen LogP contribution in [-0.4, -0.2) is 50.0 Å². The van der Waals surface area contributed by atoms with E-state index in [9.17, 15) is 14.4 Å². The predicted molar refractivity (Wildman–Crippen MR) is 161 cm³/mol. The maximum absolute atomic E-state index is 14.0. The van der Waals surface area contributed by atoms with Crippen LogP contribution in [-0.2, 0) is 19.1 Å². The molecule has 43 heavy (non-hydrogen) atoms. The van der Waals surface area contributed by atoms with Gasteiger partial charge in [0.2, 0.25) is 0 Å². The molecule has 1 aliphatic heterocycles. The molecule has 4 rings (SSSR count). The maximum Gasteiger partial charge on any atom is 0.343 e. The van der Waals surface area contributed by atoms with Gasteiger partial charge in [-0.15, -0.1) is 0 Å². The van der Waals surface area contributed by atoms with Crippen LogP contribution in [0.3, 0.4) is 0 Å². The summed E-state index contributed by atoms with van der Waals surface area (Å²) in [5.41, 5.74) is 1.34. The van der Waals surface area contributed by atoms with Crippen LogP contribution >= 0.6 is 27.3 Å². The second-order valence-corrected chi connectivity index (χ2v) is 10.9. The fourth-order valence-corrected chi connectivity index (χ4v) is 5.82. The van der Waals surface area contributed by atoms with Gasteiger partial charge < -0.3 is 23.7 Å². The number of thiazole rings is 1. The summed E-state index contributed by atoms with van der Waals surface area (Å²) in [5.74, 6) is -0.127. The van der Waals surface area contributed by atoms with E-state index < -0.39 is 23.5 Å². The zero-order valence-electron chi connectivity index (χ0n) is 23.8. The number of aromatic nitrogens is 1. The van der Waals surface area contributed by atoms with Crippen molar-refractivity contribution in [3.63, 3.8) is 0 Å². The van der Waals surface area contributed by atoms with Gasteiger partial charge in [-0.05, 0) is 62.7 Å². The molecule has 1 aliphatic rings. The average Bonchev–Trinajstić information content (AvgIpc) is 3.29. The van der Waals surface area contributed by atoms with Gasteiger partial charge in [0.15, 0.2) is 29.5 Å². The molecule has 0 spiro atoms. The normalized spacial score (nSPS) is 14.3. The number of nitrogens with zero attached hydrogens (tertiary/aromatic N) is 3. The van der Waals surface area contributed by atoms with E-state index in [2.05, 4.69) is 25.7 Å². The first-order chi connectivity index (χ1) is 20.7. The van der Waals surface area contributed by atoms with Gasteiger partial charge in [0.1, 0.15) is 11.8 Å². The SMILES string of the molecule is CCOC(=O)C1=C(C)N=c2s/c(=C\c3cc(Br)ccc3OCC#N)c(=O)n2[C@@H]1c1ccc(OCC(=O)OC)c(OCC)c1. The Kier molecular flexibility index (Phi) is 10.4.